The molecule has 0 rings (SSSR count). The Bertz CT molecular complexity index is 639. The summed E-state index contributed by atoms with van der Waals surface area (Å²) < 4.78 is 141. The Kier molecular flexibility index (Phi) is 15.5. The zero-order valence-electron chi connectivity index (χ0n) is 21.6. The first-order valence-electron chi connectivity index (χ1n) is 13.1. The van der Waals surface area contributed by atoms with Crippen LogP contribution in [0.3, 0.4) is 0 Å². The van der Waals surface area contributed by atoms with Gasteiger partial charge in [0.2, 0.25) is 0 Å². The molecular weight excluding hydrogens is 522 g/mol. The van der Waals surface area contributed by atoms with Crippen molar-refractivity contribution in [2.45, 2.75) is 146 Å². The number of alkyl halides is 10. The molecule has 0 N–H and O–H groups in total. The Morgan fingerprint density at radius 2 is 0.892 bits per heavy atom. The van der Waals surface area contributed by atoms with E-state index in [4.69, 9.17) is 0 Å². The minimum Gasteiger partial charge on any atom is -0.461 e. The van der Waals surface area contributed by atoms with Crippen LogP contribution < -0.4 is 0 Å². The first-order valence-corrected chi connectivity index (χ1v) is 13.1. The second-order valence-electron chi connectivity index (χ2n) is 9.48. The Hall–Kier alpha value is -1.23. The van der Waals surface area contributed by atoms with Crippen molar-refractivity contribution in [3.8, 4) is 0 Å². The summed E-state index contributed by atoms with van der Waals surface area (Å²) in [5, 5.41) is 0. The fraction of sp³-hybridized carbons (Fsp3) is 0.960. The van der Waals surface area contributed by atoms with Gasteiger partial charge in [-0.2, -0.15) is 43.9 Å². The number of esters is 1. The summed E-state index contributed by atoms with van der Waals surface area (Å²) in [5.74, 6) is -36.6. The van der Waals surface area contributed by atoms with E-state index in [1.165, 1.54) is 39.0 Å². The van der Waals surface area contributed by atoms with Crippen molar-refractivity contribution in [3.05, 3.63) is 0 Å². The lowest BCUT2D eigenvalue weighted by atomic mass is 9.92. The van der Waals surface area contributed by atoms with Crippen LogP contribution in [0.4, 0.5) is 43.9 Å². The summed E-state index contributed by atoms with van der Waals surface area (Å²) in [4.78, 5) is 11.4. The van der Waals surface area contributed by atoms with Crippen LogP contribution in [-0.4, -0.2) is 42.2 Å². The van der Waals surface area contributed by atoms with Gasteiger partial charge < -0.3 is 4.74 Å². The average molecular weight is 563 g/mol. The predicted octanol–water partition coefficient (Wildman–Crippen LogP) is 9.99. The first kappa shape index (κ1) is 35.8. The molecular formula is C25H40F10O2. The highest BCUT2D eigenvalue weighted by atomic mass is 19.4. The van der Waals surface area contributed by atoms with Crippen molar-refractivity contribution in [1.29, 1.82) is 0 Å². The van der Waals surface area contributed by atoms with Gasteiger partial charge in [-0.3, -0.25) is 0 Å². The van der Waals surface area contributed by atoms with Gasteiger partial charge in [0.25, 0.3) is 0 Å². The molecule has 0 aromatic heterocycles. The van der Waals surface area contributed by atoms with Crippen molar-refractivity contribution < 1.29 is 53.4 Å². The minimum atomic E-state index is -7.24. The molecule has 0 heterocycles. The quantitative estimate of drug-likeness (QED) is 0.0746. The topological polar surface area (TPSA) is 26.3 Å². The average Bonchev–Trinajstić information content (AvgIpc) is 2.82. The van der Waals surface area contributed by atoms with E-state index in [0.29, 0.717) is 12.8 Å². The largest absolute Gasteiger partial charge is 0.461 e. The van der Waals surface area contributed by atoms with E-state index >= 15 is 0 Å². The zero-order valence-corrected chi connectivity index (χ0v) is 21.6. The Labute approximate surface area is 212 Å². The number of rotatable bonds is 22. The molecule has 0 aromatic carbocycles. The van der Waals surface area contributed by atoms with Gasteiger partial charge in [-0.15, -0.1) is 0 Å². The highest BCUT2D eigenvalue weighted by Gasteiger charge is 2.87. The molecule has 0 bridgehead atoms. The fourth-order valence-corrected chi connectivity index (χ4v) is 3.68. The van der Waals surface area contributed by atoms with E-state index in [0.717, 1.165) is 32.1 Å². The van der Waals surface area contributed by atoms with Crippen molar-refractivity contribution in [1.82, 2.24) is 0 Å². The number of carbonyl (C=O) groups excluding carboxylic acids is 1. The van der Waals surface area contributed by atoms with Gasteiger partial charge in [0.1, 0.15) is 0 Å². The van der Waals surface area contributed by atoms with E-state index in [1.807, 2.05) is 0 Å². The summed E-state index contributed by atoms with van der Waals surface area (Å²) in [6, 6.07) is 0. The highest BCUT2D eigenvalue weighted by molar-refractivity contribution is 5.79. The highest BCUT2D eigenvalue weighted by Crippen LogP contribution is 2.58. The number of unbranched alkanes of at least 4 members (excludes halogenated alkanes) is 13. The number of hydrogen-bond acceptors (Lipinski definition) is 2. The molecule has 0 aliphatic carbocycles. The summed E-state index contributed by atoms with van der Waals surface area (Å²) >= 11 is 0. The minimum absolute atomic E-state index is 0.0491. The molecule has 0 fully saturated rings. The van der Waals surface area contributed by atoms with E-state index < -0.39 is 55.0 Å². The van der Waals surface area contributed by atoms with Gasteiger partial charge in [0.05, 0.1) is 6.61 Å². The third-order valence-electron chi connectivity index (χ3n) is 6.22. The van der Waals surface area contributed by atoms with Gasteiger partial charge in [0.15, 0.2) is 0 Å². The first-order chi connectivity index (χ1) is 17.0. The molecule has 0 spiro atoms. The lowest BCUT2D eigenvalue weighted by Gasteiger charge is -2.38. The van der Waals surface area contributed by atoms with E-state index in [9.17, 15) is 48.7 Å². The predicted molar refractivity (Wildman–Crippen MR) is 121 cm³/mol. The maximum Gasteiger partial charge on any atom is 0.410 e. The normalized spacial score (nSPS) is 13.7. The van der Waals surface area contributed by atoms with Crippen LogP contribution in [0.1, 0.15) is 117 Å². The van der Waals surface area contributed by atoms with Crippen LogP contribution >= 0.6 is 0 Å². The SMILES string of the molecule is CCCCCCCCCCCCCCCOC(=O)C(F)(F)C(F)(F)C(F)(F)C(F)(F)C(F)(F)CCCC. The third-order valence-corrected chi connectivity index (χ3v) is 6.22. The van der Waals surface area contributed by atoms with Gasteiger partial charge in [-0.25, -0.2) is 4.79 Å². The van der Waals surface area contributed by atoms with Crippen LogP contribution in [-0.2, 0) is 9.53 Å². The van der Waals surface area contributed by atoms with Gasteiger partial charge in [0, 0.05) is 6.42 Å². The monoisotopic (exact) mass is 562 g/mol. The summed E-state index contributed by atoms with van der Waals surface area (Å²) in [6.07, 6.45) is 9.08. The van der Waals surface area contributed by atoms with Gasteiger partial charge in [-0.1, -0.05) is 97.3 Å². The van der Waals surface area contributed by atoms with E-state index in [-0.39, 0.29) is 12.8 Å². The van der Waals surface area contributed by atoms with Crippen molar-refractivity contribution in [3.63, 3.8) is 0 Å². The Morgan fingerprint density at radius 1 is 0.514 bits per heavy atom. The summed E-state index contributed by atoms with van der Waals surface area (Å²) in [6.45, 7) is 2.55. The molecule has 0 aromatic rings. The van der Waals surface area contributed by atoms with Crippen LogP contribution in [0.25, 0.3) is 0 Å². The molecule has 0 aliphatic heterocycles. The number of carbonyl (C=O) groups is 1. The van der Waals surface area contributed by atoms with Crippen molar-refractivity contribution >= 4 is 5.97 Å². The smallest absolute Gasteiger partial charge is 0.410 e. The van der Waals surface area contributed by atoms with Gasteiger partial charge >= 0.3 is 35.6 Å². The number of hydrogen-bond donors (Lipinski definition) is 0. The second kappa shape index (κ2) is 16.0. The molecule has 0 saturated heterocycles. The van der Waals surface area contributed by atoms with E-state index in [2.05, 4.69) is 11.7 Å². The molecule has 0 atom stereocenters. The lowest BCUT2D eigenvalue weighted by Crippen LogP contribution is -2.68. The molecule has 0 unspecified atom stereocenters. The standard InChI is InChI=1S/C25H40F10O2/c1-3-5-7-8-9-10-11-12-13-14-15-16-17-19-37-20(36)22(28,29)24(32,33)25(34,35)23(30,31)21(26,27)18-6-4-2/h3-19H2,1-2H3. The summed E-state index contributed by atoms with van der Waals surface area (Å²) in [7, 11) is 0. The second-order valence-corrected chi connectivity index (χ2v) is 9.48. The van der Waals surface area contributed by atoms with Crippen molar-refractivity contribution in [2.24, 2.45) is 0 Å². The van der Waals surface area contributed by atoms with Crippen LogP contribution in [0.5, 0.6) is 0 Å². The van der Waals surface area contributed by atoms with E-state index in [1.54, 1.807) is 0 Å². The van der Waals surface area contributed by atoms with Crippen LogP contribution in [0.15, 0.2) is 0 Å². The fourth-order valence-electron chi connectivity index (χ4n) is 3.68. The molecule has 0 radical (unpaired) electrons. The Morgan fingerprint density at radius 3 is 1.30 bits per heavy atom. The molecule has 222 valence electrons. The van der Waals surface area contributed by atoms with Crippen LogP contribution in [0.2, 0.25) is 0 Å². The number of ether oxygens (including phenoxy) is 1. The Balaban J connectivity index is 4.58. The molecule has 0 amide bonds. The third kappa shape index (κ3) is 9.79. The molecule has 37 heavy (non-hydrogen) atoms. The maximum atomic E-state index is 13.8. The van der Waals surface area contributed by atoms with Crippen molar-refractivity contribution in [2.75, 3.05) is 6.61 Å². The molecule has 12 heteroatoms. The molecule has 2 nitrogen and oxygen atoms in total. The van der Waals surface area contributed by atoms with Gasteiger partial charge in [-0.05, 0) is 12.8 Å². The number of halogens is 10. The van der Waals surface area contributed by atoms with Crippen LogP contribution in [0, 0.1) is 0 Å². The lowest BCUT2D eigenvalue weighted by molar-refractivity contribution is -0.397. The molecule has 0 saturated carbocycles. The zero-order chi connectivity index (χ0) is 28.8. The maximum absolute atomic E-state index is 13.8. The molecule has 0 aliphatic rings. The summed E-state index contributed by atoms with van der Waals surface area (Å²) in [5.41, 5.74) is 0.